The van der Waals surface area contributed by atoms with Gasteiger partial charge in [0.05, 0.1) is 0 Å². The topological polar surface area (TPSA) is 0 Å². The van der Waals surface area contributed by atoms with Gasteiger partial charge in [-0.05, 0) is 0 Å². The molecule has 0 atom stereocenters. The Hall–Kier alpha value is 2.82. The largest absolute Gasteiger partial charge is 0.0735 e. The standard InChI is InChI=1S/C13H40Si7.C11H34Si6/c1-15(2)16(3,4)18(7,8)20(11,13-12-14)19(9,10)17(15,5)6;1-13(2)14(3,4)16(7,8)17(9,11-10-12)15(13,5)6/h12-13H2,1-11,14H3;10-11H2,1-9,12H3. The van der Waals surface area contributed by atoms with Gasteiger partial charge in [0.25, 0.3) is 0 Å². The van der Waals surface area contributed by atoms with Gasteiger partial charge in [0.15, 0.2) is 0 Å². The average molecular weight is 728 g/mol. The molecule has 0 aliphatic carbocycles. The van der Waals surface area contributed by atoms with E-state index in [9.17, 15) is 0 Å². The highest BCUT2D eigenvalue weighted by atomic mass is 30.2. The molecule has 2 aliphatic heterocycles. The highest BCUT2D eigenvalue weighted by molar-refractivity contribution is 8.14. The Balaban J connectivity index is 0.000000375. The van der Waals surface area contributed by atoms with E-state index >= 15 is 0 Å². The Bertz CT molecular complexity index is 797. The summed E-state index contributed by atoms with van der Waals surface area (Å²) >= 11 is 0. The van der Waals surface area contributed by atoms with Gasteiger partial charge in [0.2, 0.25) is 0 Å². The van der Waals surface area contributed by atoms with Crippen LogP contribution < -0.4 is 0 Å². The molecule has 2 saturated heterocycles. The molecule has 2 fully saturated rings. The van der Waals surface area contributed by atoms with Crippen molar-refractivity contribution in [1.82, 2.24) is 0 Å². The van der Waals surface area contributed by atoms with Crippen molar-refractivity contribution in [2.75, 3.05) is 0 Å². The third kappa shape index (κ3) is 4.36. The Kier molecular flexibility index (Phi) is 10.7. The predicted molar refractivity (Wildman–Crippen MR) is 220 cm³/mol. The molecule has 0 radical (unpaired) electrons. The zero-order valence-corrected chi connectivity index (χ0v) is 45.3. The van der Waals surface area contributed by atoms with E-state index in [-0.39, 0.29) is 0 Å². The summed E-state index contributed by atoms with van der Waals surface area (Å²) in [6.07, 6.45) is 0. The summed E-state index contributed by atoms with van der Waals surface area (Å²) in [4.78, 5) is 0. The van der Waals surface area contributed by atoms with E-state index < -0.39 is 78.2 Å². The van der Waals surface area contributed by atoms with Crippen LogP contribution in [0.5, 0.6) is 0 Å². The molecule has 0 aromatic rings. The van der Waals surface area contributed by atoms with Crippen LogP contribution in [0.3, 0.4) is 0 Å². The second-order valence-electron chi connectivity index (χ2n) is 18.8. The van der Waals surface area contributed by atoms with Crippen molar-refractivity contribution in [2.45, 2.75) is 155 Å². The first-order chi connectivity index (χ1) is 15.9. The first-order valence-electron chi connectivity index (χ1n) is 15.9. The fourth-order valence-corrected chi connectivity index (χ4v) is 475. The molecule has 0 nitrogen and oxygen atoms in total. The van der Waals surface area contributed by atoms with Crippen molar-refractivity contribution in [3.8, 4) is 0 Å². The second kappa shape index (κ2) is 10.5. The quantitative estimate of drug-likeness (QED) is 0.275. The molecule has 0 bridgehead atoms. The van der Waals surface area contributed by atoms with E-state index in [4.69, 9.17) is 0 Å². The van der Waals surface area contributed by atoms with Gasteiger partial charge in [-0.3, -0.25) is 0 Å². The van der Waals surface area contributed by atoms with E-state index in [0.717, 1.165) is 0 Å². The van der Waals surface area contributed by atoms with Gasteiger partial charge in [-0.1, -0.05) is 155 Å². The van der Waals surface area contributed by atoms with Crippen molar-refractivity contribution in [3.63, 3.8) is 0 Å². The second-order valence-corrected chi connectivity index (χ2v) is 154. The zero-order valence-electron chi connectivity index (χ0n) is 30.3. The maximum absolute atomic E-state index is 2.94. The third-order valence-corrected chi connectivity index (χ3v) is 304. The molecule has 0 amide bonds. The molecule has 0 spiro atoms. The van der Waals surface area contributed by atoms with Crippen LogP contribution in [0.15, 0.2) is 0 Å². The summed E-state index contributed by atoms with van der Waals surface area (Å²) in [6.45, 7) is 57.3. The average Bonchev–Trinajstić information content (AvgIpc) is 2.76. The fraction of sp³-hybridized carbons (Fsp3) is 1.00. The Labute approximate surface area is 251 Å². The molecule has 0 unspecified atom stereocenters. The van der Waals surface area contributed by atoms with Crippen LogP contribution in [0, 0.1) is 0 Å². The molecule has 37 heavy (non-hydrogen) atoms. The van der Waals surface area contributed by atoms with Crippen molar-refractivity contribution >= 4 is 98.7 Å². The molecular formula is C24H74Si13. The Morgan fingerprint density at radius 2 is 0.405 bits per heavy atom. The molecule has 0 N–H and O–H groups in total. The van der Waals surface area contributed by atoms with Gasteiger partial charge >= 0.3 is 0 Å². The minimum absolute atomic E-state index is 0.876. The normalized spacial score (nSPS) is 31.8. The first kappa shape index (κ1) is 37.8. The number of hydrogen-bond donors (Lipinski definition) is 0. The fourth-order valence-electron chi connectivity index (χ4n) is 10.5. The van der Waals surface area contributed by atoms with Gasteiger partial charge in [-0.25, -0.2) is 0 Å². The minimum Gasteiger partial charge on any atom is -0.0735 e. The monoisotopic (exact) mass is 726 g/mol. The van der Waals surface area contributed by atoms with Crippen LogP contribution in [0.4, 0.5) is 0 Å². The number of rotatable bonds is 4. The lowest BCUT2D eigenvalue weighted by atomic mass is 11.0. The first-order valence-corrected chi connectivity index (χ1v) is 62.1. The molecule has 0 saturated carbocycles. The maximum atomic E-state index is 2.94. The zero-order chi connectivity index (χ0) is 30.3. The highest BCUT2D eigenvalue weighted by Crippen LogP contribution is 2.54. The van der Waals surface area contributed by atoms with Crippen molar-refractivity contribution < 1.29 is 0 Å². The summed E-state index contributed by atoms with van der Waals surface area (Å²) in [5.74, 6) is 0. The van der Waals surface area contributed by atoms with Crippen molar-refractivity contribution in [1.29, 1.82) is 0 Å². The van der Waals surface area contributed by atoms with E-state index in [0.29, 0.717) is 0 Å². The van der Waals surface area contributed by atoms with Crippen LogP contribution in [-0.4, -0.2) is 98.7 Å². The summed E-state index contributed by atoms with van der Waals surface area (Å²) in [6, 6.07) is 6.66. The molecule has 0 aromatic heterocycles. The van der Waals surface area contributed by atoms with Crippen LogP contribution in [0.2, 0.25) is 155 Å². The predicted octanol–water partition coefficient (Wildman–Crippen LogP) is 6.96. The van der Waals surface area contributed by atoms with Crippen LogP contribution in [-0.2, 0) is 0 Å². The van der Waals surface area contributed by atoms with E-state index in [2.05, 4.69) is 131 Å². The van der Waals surface area contributed by atoms with E-state index in [1.54, 1.807) is 24.2 Å². The Morgan fingerprint density at radius 1 is 0.270 bits per heavy atom. The lowest BCUT2D eigenvalue weighted by Crippen LogP contribution is -3.01. The summed E-state index contributed by atoms with van der Waals surface area (Å²) < 4.78 is 0. The van der Waals surface area contributed by atoms with Gasteiger partial charge in [-0.15, -0.1) is 0 Å². The lowest BCUT2D eigenvalue weighted by Gasteiger charge is -2.73. The smallest absolute Gasteiger partial charge is 0.0334 e. The highest BCUT2D eigenvalue weighted by Gasteiger charge is 2.77. The SMILES string of the molecule is C[Si]1(C)[Si](C)(C)[Si](C)(C)[Si](C)(CC[SiH3])[Si](C)(C)[Si]1(C)C.C[Si]1(C)[Si](C)(C)[Si](C)(C)[Si](C)(CC[SiH3])[Si]1(C)C. The summed E-state index contributed by atoms with van der Waals surface area (Å²) in [5.41, 5.74) is 0. The molecule has 2 rings (SSSR count). The van der Waals surface area contributed by atoms with Crippen LogP contribution in [0.25, 0.3) is 0 Å². The molecule has 2 heterocycles. The lowest BCUT2D eigenvalue weighted by molar-refractivity contribution is 1.39. The van der Waals surface area contributed by atoms with Gasteiger partial charge in [0, 0.05) is 98.7 Å². The third-order valence-electron chi connectivity index (χ3n) is 18.0. The molecular weight excluding hydrogens is 653 g/mol. The van der Waals surface area contributed by atoms with Crippen molar-refractivity contribution in [3.05, 3.63) is 0 Å². The molecule has 0 aromatic carbocycles. The molecule has 222 valence electrons. The number of hydrogen-bond acceptors (Lipinski definition) is 0. The van der Waals surface area contributed by atoms with Gasteiger partial charge in [-0.2, -0.15) is 0 Å². The maximum Gasteiger partial charge on any atom is 0.0334 e. The molecule has 13 heteroatoms. The van der Waals surface area contributed by atoms with Gasteiger partial charge in [0.1, 0.15) is 0 Å². The summed E-state index contributed by atoms with van der Waals surface area (Å²) in [7, 11) is -7.48. The Morgan fingerprint density at radius 3 is 0.541 bits per heavy atom. The summed E-state index contributed by atoms with van der Waals surface area (Å²) in [5, 5.41) is 0. The van der Waals surface area contributed by atoms with Gasteiger partial charge < -0.3 is 0 Å². The van der Waals surface area contributed by atoms with Crippen LogP contribution in [0.1, 0.15) is 0 Å². The van der Waals surface area contributed by atoms with E-state index in [1.165, 1.54) is 20.5 Å². The molecule has 2 aliphatic rings. The van der Waals surface area contributed by atoms with Crippen LogP contribution >= 0.6 is 0 Å². The minimum atomic E-state index is -0.994. The van der Waals surface area contributed by atoms with E-state index in [1.807, 2.05) is 0 Å². The van der Waals surface area contributed by atoms with Crippen molar-refractivity contribution in [2.24, 2.45) is 0 Å².